The van der Waals surface area contributed by atoms with Crippen LogP contribution in [0.3, 0.4) is 0 Å². The molecule has 0 bridgehead atoms. The first-order chi connectivity index (χ1) is 10.2. The highest BCUT2D eigenvalue weighted by Gasteiger charge is 2.08. The Hall–Kier alpha value is -2.05. The van der Waals surface area contributed by atoms with Crippen LogP contribution in [-0.4, -0.2) is 36.5 Å². The maximum Gasteiger partial charge on any atom is 0.208 e. The van der Waals surface area contributed by atoms with Crippen molar-refractivity contribution in [3.8, 4) is 11.5 Å². The van der Waals surface area contributed by atoms with E-state index >= 15 is 0 Å². The van der Waals surface area contributed by atoms with E-state index < -0.39 is 6.10 Å². The van der Waals surface area contributed by atoms with Crippen molar-refractivity contribution in [2.75, 3.05) is 20.3 Å². The molecule has 2 N–H and O–H groups in total. The highest BCUT2D eigenvalue weighted by Crippen LogP contribution is 2.25. The van der Waals surface area contributed by atoms with Crippen LogP contribution in [0.5, 0.6) is 11.5 Å². The van der Waals surface area contributed by atoms with Crippen LogP contribution in [0.1, 0.15) is 11.7 Å². The zero-order valence-corrected chi connectivity index (χ0v) is 12.2. The molecule has 0 aliphatic carbocycles. The Morgan fingerprint density at radius 2 is 2.10 bits per heavy atom. The lowest BCUT2D eigenvalue weighted by atomic mass is 10.3. The second-order valence-electron chi connectivity index (χ2n) is 4.61. The summed E-state index contributed by atoms with van der Waals surface area (Å²) in [7, 11) is 1.58. The van der Waals surface area contributed by atoms with Crippen molar-refractivity contribution in [2.24, 2.45) is 0 Å². The molecule has 1 unspecified atom stereocenters. The highest BCUT2D eigenvalue weighted by atomic mass is 16.5. The molecule has 0 aliphatic rings. The lowest BCUT2D eigenvalue weighted by Gasteiger charge is -2.14. The molecule has 0 spiro atoms. The Labute approximate surface area is 123 Å². The van der Waals surface area contributed by atoms with E-state index in [0.29, 0.717) is 30.5 Å². The van der Waals surface area contributed by atoms with Gasteiger partial charge < -0.3 is 24.3 Å². The van der Waals surface area contributed by atoms with Gasteiger partial charge in [-0.15, -0.1) is 0 Å². The fourth-order valence-corrected chi connectivity index (χ4v) is 1.81. The first-order valence-electron chi connectivity index (χ1n) is 6.75. The predicted molar refractivity (Wildman–Crippen MR) is 77.4 cm³/mol. The fourth-order valence-electron chi connectivity index (χ4n) is 1.81. The third kappa shape index (κ3) is 4.77. The summed E-state index contributed by atoms with van der Waals surface area (Å²) in [4.78, 5) is 4.07. The summed E-state index contributed by atoms with van der Waals surface area (Å²) in [5.41, 5.74) is 0. The Balaban J connectivity index is 1.71. The summed E-state index contributed by atoms with van der Waals surface area (Å²) in [6.07, 6.45) is 1.03. The summed E-state index contributed by atoms with van der Waals surface area (Å²) < 4.78 is 16.0. The molecule has 0 fully saturated rings. The molecule has 2 aromatic rings. The molecule has 0 amide bonds. The van der Waals surface area contributed by atoms with Crippen molar-refractivity contribution in [3.63, 3.8) is 0 Å². The second-order valence-corrected chi connectivity index (χ2v) is 4.61. The van der Waals surface area contributed by atoms with Crippen molar-refractivity contribution in [3.05, 3.63) is 42.1 Å². The lowest BCUT2D eigenvalue weighted by Crippen LogP contribution is -2.31. The van der Waals surface area contributed by atoms with Gasteiger partial charge in [0.05, 0.1) is 19.9 Å². The number of aliphatic hydroxyl groups is 1. The van der Waals surface area contributed by atoms with E-state index in [2.05, 4.69) is 10.3 Å². The van der Waals surface area contributed by atoms with Crippen LogP contribution in [0.2, 0.25) is 0 Å². The number of rotatable bonds is 8. The van der Waals surface area contributed by atoms with E-state index in [4.69, 9.17) is 13.9 Å². The SMILES string of the molecule is COc1ccccc1OCC(O)CNCc1ncc(C)o1. The van der Waals surface area contributed by atoms with Crippen molar-refractivity contribution in [1.29, 1.82) is 0 Å². The molecule has 0 aliphatic heterocycles. The van der Waals surface area contributed by atoms with Crippen molar-refractivity contribution < 1.29 is 19.0 Å². The van der Waals surface area contributed by atoms with Gasteiger partial charge in [-0.05, 0) is 19.1 Å². The third-order valence-electron chi connectivity index (χ3n) is 2.83. The number of para-hydroxylation sites is 2. The maximum absolute atomic E-state index is 9.88. The minimum atomic E-state index is -0.633. The molecule has 6 nitrogen and oxygen atoms in total. The standard InChI is InChI=1S/C15H20N2O4/c1-11-7-17-15(21-11)9-16-8-12(18)10-20-14-6-4-3-5-13(14)19-2/h3-7,12,16,18H,8-10H2,1-2H3. The van der Waals surface area contributed by atoms with E-state index in [-0.39, 0.29) is 6.61 Å². The van der Waals surface area contributed by atoms with E-state index in [1.807, 2.05) is 25.1 Å². The van der Waals surface area contributed by atoms with Crippen LogP contribution >= 0.6 is 0 Å². The number of aryl methyl sites for hydroxylation is 1. The number of nitrogens with one attached hydrogen (secondary N) is 1. The smallest absolute Gasteiger partial charge is 0.208 e. The number of oxazole rings is 1. The Kier molecular flexibility index (Phi) is 5.59. The molecule has 2 rings (SSSR count). The third-order valence-corrected chi connectivity index (χ3v) is 2.83. The number of methoxy groups -OCH3 is 1. The van der Waals surface area contributed by atoms with Crippen LogP contribution in [0.15, 0.2) is 34.9 Å². The van der Waals surface area contributed by atoms with Gasteiger partial charge in [0.2, 0.25) is 5.89 Å². The van der Waals surface area contributed by atoms with E-state index in [9.17, 15) is 5.11 Å². The molecule has 114 valence electrons. The quantitative estimate of drug-likeness (QED) is 0.768. The molecule has 6 heteroatoms. The van der Waals surface area contributed by atoms with E-state index in [1.54, 1.807) is 19.4 Å². The lowest BCUT2D eigenvalue weighted by molar-refractivity contribution is 0.104. The number of aliphatic hydroxyl groups excluding tert-OH is 1. The van der Waals surface area contributed by atoms with Gasteiger partial charge in [-0.3, -0.25) is 0 Å². The first kappa shape index (κ1) is 15.3. The molecule has 0 saturated carbocycles. The molecular weight excluding hydrogens is 272 g/mol. The average molecular weight is 292 g/mol. The average Bonchev–Trinajstić information content (AvgIpc) is 2.91. The summed E-state index contributed by atoms with van der Waals surface area (Å²) >= 11 is 0. The van der Waals surface area contributed by atoms with Crippen LogP contribution < -0.4 is 14.8 Å². The largest absolute Gasteiger partial charge is 0.493 e. The van der Waals surface area contributed by atoms with Gasteiger partial charge >= 0.3 is 0 Å². The number of hydrogen-bond acceptors (Lipinski definition) is 6. The van der Waals surface area contributed by atoms with Gasteiger partial charge in [0.1, 0.15) is 18.5 Å². The summed E-state index contributed by atoms with van der Waals surface area (Å²) in [5.74, 6) is 2.63. The summed E-state index contributed by atoms with van der Waals surface area (Å²) in [6.45, 7) is 2.88. The topological polar surface area (TPSA) is 76.8 Å². The molecular formula is C15H20N2O4. The molecule has 0 saturated heterocycles. The van der Waals surface area contributed by atoms with Crippen molar-refractivity contribution in [1.82, 2.24) is 10.3 Å². The Morgan fingerprint density at radius 1 is 1.33 bits per heavy atom. The van der Waals surface area contributed by atoms with Gasteiger partial charge in [0, 0.05) is 6.54 Å². The molecule has 1 atom stereocenters. The van der Waals surface area contributed by atoms with Crippen LogP contribution in [0.4, 0.5) is 0 Å². The van der Waals surface area contributed by atoms with Gasteiger partial charge in [0.15, 0.2) is 11.5 Å². The maximum atomic E-state index is 9.88. The van der Waals surface area contributed by atoms with Crippen LogP contribution in [0, 0.1) is 6.92 Å². The fraction of sp³-hybridized carbons (Fsp3) is 0.400. The summed E-state index contributed by atoms with van der Waals surface area (Å²) in [5, 5.41) is 12.9. The number of benzene rings is 1. The number of ether oxygens (including phenoxy) is 2. The molecule has 1 aromatic carbocycles. The molecule has 21 heavy (non-hydrogen) atoms. The minimum Gasteiger partial charge on any atom is -0.493 e. The minimum absolute atomic E-state index is 0.179. The van der Waals surface area contributed by atoms with Gasteiger partial charge in [0.25, 0.3) is 0 Å². The zero-order chi connectivity index (χ0) is 15.1. The van der Waals surface area contributed by atoms with Crippen molar-refractivity contribution >= 4 is 0 Å². The van der Waals surface area contributed by atoms with Crippen LogP contribution in [0.25, 0.3) is 0 Å². The highest BCUT2D eigenvalue weighted by molar-refractivity contribution is 5.39. The first-order valence-corrected chi connectivity index (χ1v) is 6.75. The normalized spacial score (nSPS) is 12.1. The zero-order valence-electron chi connectivity index (χ0n) is 12.2. The molecule has 0 radical (unpaired) electrons. The summed E-state index contributed by atoms with van der Waals surface area (Å²) in [6, 6.07) is 7.33. The number of aromatic nitrogens is 1. The number of nitrogens with zero attached hydrogens (tertiary/aromatic N) is 1. The van der Waals surface area contributed by atoms with E-state index in [1.165, 1.54) is 0 Å². The predicted octanol–water partition coefficient (Wildman–Crippen LogP) is 1.52. The van der Waals surface area contributed by atoms with Gasteiger partial charge in [-0.25, -0.2) is 4.98 Å². The number of hydrogen-bond donors (Lipinski definition) is 2. The van der Waals surface area contributed by atoms with Crippen molar-refractivity contribution in [2.45, 2.75) is 19.6 Å². The molecule has 1 aromatic heterocycles. The molecule has 1 heterocycles. The van der Waals surface area contributed by atoms with Gasteiger partial charge in [-0.2, -0.15) is 0 Å². The van der Waals surface area contributed by atoms with E-state index in [0.717, 1.165) is 5.76 Å². The Morgan fingerprint density at radius 3 is 2.76 bits per heavy atom. The second kappa shape index (κ2) is 7.66. The van der Waals surface area contributed by atoms with Crippen LogP contribution in [-0.2, 0) is 6.54 Å². The van der Waals surface area contributed by atoms with Gasteiger partial charge in [-0.1, -0.05) is 12.1 Å². The monoisotopic (exact) mass is 292 g/mol. The Bertz CT molecular complexity index is 556.